The minimum atomic E-state index is -1.85. The van der Waals surface area contributed by atoms with E-state index in [9.17, 15) is 9.90 Å². The molecule has 0 aromatic heterocycles. The molecule has 0 spiro atoms. The molecule has 0 aliphatic heterocycles. The third-order valence-electron chi connectivity index (χ3n) is 3.11. The highest BCUT2D eigenvalue weighted by molar-refractivity contribution is 6.23. The number of carbonyl (C=O) groups is 1. The lowest BCUT2D eigenvalue weighted by atomic mass is 9.86. The minimum Gasteiger partial charge on any atom is -0.497 e. The minimum absolute atomic E-state index is 0.405. The van der Waals surface area contributed by atoms with Crippen molar-refractivity contribution in [2.24, 2.45) is 0 Å². The van der Waals surface area contributed by atoms with Gasteiger partial charge in [0.25, 0.3) is 5.91 Å². The predicted octanol–water partition coefficient (Wildman–Crippen LogP) is 2.20. The predicted molar refractivity (Wildman–Crippen MR) is 76.4 cm³/mol. The van der Waals surface area contributed by atoms with E-state index < -0.39 is 11.5 Å². The van der Waals surface area contributed by atoms with Crippen molar-refractivity contribution in [2.45, 2.75) is 5.60 Å². The SMILES string of the molecule is COc1ccc(C(O)(C(=O)NCl)c2ccccc2)cc1. The zero-order valence-corrected chi connectivity index (χ0v) is 11.6. The second kappa shape index (κ2) is 5.94. The van der Waals surface area contributed by atoms with Gasteiger partial charge >= 0.3 is 0 Å². The number of halogens is 1. The first kappa shape index (κ1) is 14.4. The van der Waals surface area contributed by atoms with E-state index in [1.54, 1.807) is 61.7 Å². The first-order valence-corrected chi connectivity index (χ1v) is 6.34. The molecule has 1 atom stereocenters. The van der Waals surface area contributed by atoms with E-state index in [0.717, 1.165) is 0 Å². The molecular formula is C15H14ClNO3. The summed E-state index contributed by atoms with van der Waals surface area (Å²) in [4.78, 5) is 14.0. The third-order valence-corrected chi connectivity index (χ3v) is 3.29. The van der Waals surface area contributed by atoms with Crippen LogP contribution in [-0.2, 0) is 10.4 Å². The Morgan fingerprint density at radius 3 is 2.15 bits per heavy atom. The number of nitrogens with one attached hydrogen (secondary N) is 1. The van der Waals surface area contributed by atoms with Gasteiger partial charge in [0, 0.05) is 11.8 Å². The molecule has 0 fully saturated rings. The zero-order valence-electron chi connectivity index (χ0n) is 10.8. The van der Waals surface area contributed by atoms with E-state index in [4.69, 9.17) is 16.5 Å². The van der Waals surface area contributed by atoms with E-state index in [1.165, 1.54) is 0 Å². The summed E-state index contributed by atoms with van der Waals surface area (Å²) in [5, 5.41) is 10.8. The Kier molecular flexibility index (Phi) is 4.27. The lowest BCUT2D eigenvalue weighted by Crippen LogP contribution is -2.42. The van der Waals surface area contributed by atoms with Gasteiger partial charge in [-0.25, -0.2) is 0 Å². The van der Waals surface area contributed by atoms with Crippen LogP contribution >= 0.6 is 11.8 Å². The summed E-state index contributed by atoms with van der Waals surface area (Å²) in [6, 6.07) is 15.2. The maximum Gasteiger partial charge on any atom is 0.275 e. The van der Waals surface area contributed by atoms with Crippen LogP contribution in [0.2, 0.25) is 0 Å². The van der Waals surface area contributed by atoms with Crippen molar-refractivity contribution in [3.8, 4) is 5.75 Å². The van der Waals surface area contributed by atoms with Crippen LogP contribution in [0.25, 0.3) is 0 Å². The topological polar surface area (TPSA) is 58.6 Å². The molecule has 0 aliphatic rings. The van der Waals surface area contributed by atoms with Gasteiger partial charge in [0.05, 0.1) is 7.11 Å². The fourth-order valence-electron chi connectivity index (χ4n) is 2.01. The summed E-state index contributed by atoms with van der Waals surface area (Å²) < 4.78 is 5.07. The lowest BCUT2D eigenvalue weighted by Gasteiger charge is -2.26. The molecule has 2 aromatic carbocycles. The molecule has 104 valence electrons. The van der Waals surface area contributed by atoms with Crippen LogP contribution in [0.4, 0.5) is 0 Å². The number of hydrogen-bond donors (Lipinski definition) is 2. The van der Waals surface area contributed by atoms with Gasteiger partial charge < -0.3 is 9.84 Å². The van der Waals surface area contributed by atoms with Crippen molar-refractivity contribution >= 4 is 17.7 Å². The maximum absolute atomic E-state index is 12.1. The average molecular weight is 292 g/mol. The quantitative estimate of drug-likeness (QED) is 0.849. The molecule has 2 rings (SSSR count). The van der Waals surface area contributed by atoms with Crippen molar-refractivity contribution < 1.29 is 14.6 Å². The fourth-order valence-corrected chi connectivity index (χ4v) is 2.15. The van der Waals surface area contributed by atoms with E-state index in [2.05, 4.69) is 0 Å². The second-order valence-corrected chi connectivity index (χ2v) is 4.42. The van der Waals surface area contributed by atoms with Gasteiger partial charge in [-0.15, -0.1) is 0 Å². The lowest BCUT2D eigenvalue weighted by molar-refractivity contribution is -0.134. The third kappa shape index (κ3) is 2.48. The molecule has 1 unspecified atom stereocenters. The van der Waals surface area contributed by atoms with Crippen LogP contribution in [0.3, 0.4) is 0 Å². The number of rotatable bonds is 4. The van der Waals surface area contributed by atoms with E-state index in [0.29, 0.717) is 16.9 Å². The van der Waals surface area contributed by atoms with Crippen LogP contribution in [0.5, 0.6) is 5.75 Å². The highest BCUT2D eigenvalue weighted by Gasteiger charge is 2.39. The summed E-state index contributed by atoms with van der Waals surface area (Å²) >= 11 is 5.41. The fraction of sp³-hybridized carbons (Fsp3) is 0.133. The highest BCUT2D eigenvalue weighted by Crippen LogP contribution is 2.31. The Morgan fingerprint density at radius 2 is 1.65 bits per heavy atom. The van der Waals surface area contributed by atoms with Crippen molar-refractivity contribution in [2.75, 3.05) is 7.11 Å². The van der Waals surface area contributed by atoms with Gasteiger partial charge in [0.1, 0.15) is 5.75 Å². The van der Waals surface area contributed by atoms with Crippen LogP contribution in [-0.4, -0.2) is 18.1 Å². The number of methoxy groups -OCH3 is 1. The first-order valence-electron chi connectivity index (χ1n) is 5.96. The summed E-state index contributed by atoms with van der Waals surface area (Å²) in [6.45, 7) is 0. The Hall–Kier alpha value is -2.04. The zero-order chi connectivity index (χ0) is 14.6. The molecule has 0 bridgehead atoms. The number of amides is 1. The van der Waals surface area contributed by atoms with Gasteiger partial charge in [-0.2, -0.15) is 0 Å². The van der Waals surface area contributed by atoms with Crippen LogP contribution in [0, 0.1) is 0 Å². The van der Waals surface area contributed by atoms with Crippen LogP contribution in [0.15, 0.2) is 54.6 Å². The normalized spacial score (nSPS) is 13.3. The molecular weight excluding hydrogens is 278 g/mol. The summed E-state index contributed by atoms with van der Waals surface area (Å²) in [5.41, 5.74) is -1.01. The van der Waals surface area contributed by atoms with Gasteiger partial charge in [-0.05, 0) is 23.3 Å². The van der Waals surface area contributed by atoms with Crippen LogP contribution < -0.4 is 9.57 Å². The molecule has 0 saturated carbocycles. The molecule has 0 aliphatic carbocycles. The standard InChI is InChI=1S/C15H14ClNO3/c1-20-13-9-7-12(8-10-13)15(19,14(18)17-16)11-5-3-2-4-6-11/h2-10,19H,1H3,(H,17,18). The summed E-state index contributed by atoms with van der Waals surface area (Å²) in [7, 11) is 1.55. The molecule has 4 nitrogen and oxygen atoms in total. The number of benzene rings is 2. The monoisotopic (exact) mass is 291 g/mol. The Bertz CT molecular complexity index is 586. The second-order valence-electron chi connectivity index (χ2n) is 4.23. The molecule has 2 aromatic rings. The molecule has 0 heterocycles. The van der Waals surface area contributed by atoms with E-state index >= 15 is 0 Å². The maximum atomic E-state index is 12.1. The largest absolute Gasteiger partial charge is 0.497 e. The van der Waals surface area contributed by atoms with E-state index in [-0.39, 0.29) is 0 Å². The van der Waals surface area contributed by atoms with Gasteiger partial charge in [-0.1, -0.05) is 42.5 Å². The number of hydrogen-bond acceptors (Lipinski definition) is 3. The number of ether oxygens (including phenoxy) is 1. The first-order chi connectivity index (χ1) is 9.62. The van der Waals surface area contributed by atoms with Crippen LogP contribution in [0.1, 0.15) is 11.1 Å². The molecule has 2 N–H and O–H groups in total. The molecule has 20 heavy (non-hydrogen) atoms. The van der Waals surface area contributed by atoms with Crippen molar-refractivity contribution in [3.63, 3.8) is 0 Å². The Labute approximate surface area is 122 Å². The summed E-state index contributed by atoms with van der Waals surface area (Å²) in [6.07, 6.45) is 0. The van der Waals surface area contributed by atoms with Gasteiger partial charge in [0.15, 0.2) is 5.60 Å². The Balaban J connectivity index is 2.54. The molecule has 0 saturated heterocycles. The van der Waals surface area contributed by atoms with Gasteiger partial charge in [-0.3, -0.25) is 9.63 Å². The Morgan fingerprint density at radius 1 is 1.10 bits per heavy atom. The van der Waals surface area contributed by atoms with Crippen molar-refractivity contribution in [1.29, 1.82) is 0 Å². The smallest absolute Gasteiger partial charge is 0.275 e. The van der Waals surface area contributed by atoms with Gasteiger partial charge in [0.2, 0.25) is 0 Å². The highest BCUT2D eigenvalue weighted by atomic mass is 35.5. The number of aliphatic hydroxyl groups is 1. The number of carbonyl (C=O) groups excluding carboxylic acids is 1. The molecule has 5 heteroatoms. The molecule has 0 radical (unpaired) electrons. The summed E-state index contributed by atoms with van der Waals surface area (Å²) in [5.74, 6) is -0.0778. The van der Waals surface area contributed by atoms with Crippen molar-refractivity contribution in [3.05, 3.63) is 65.7 Å². The van der Waals surface area contributed by atoms with Crippen molar-refractivity contribution in [1.82, 2.24) is 4.84 Å². The van der Waals surface area contributed by atoms with E-state index in [1.807, 2.05) is 4.84 Å². The average Bonchev–Trinajstić information content (AvgIpc) is 2.54. The molecule has 1 amide bonds.